The maximum Gasteiger partial charge on any atom is 0.414 e. The van der Waals surface area contributed by atoms with E-state index in [0.717, 1.165) is 0 Å². The molecule has 0 spiro atoms. The normalized spacial score (nSPS) is 11.3. The van der Waals surface area contributed by atoms with Gasteiger partial charge in [-0.1, -0.05) is 0 Å². The first-order chi connectivity index (χ1) is 9.28. The third kappa shape index (κ3) is 2.85. The molecule has 0 bridgehead atoms. The maximum atomic E-state index is 11.7. The molecule has 0 aromatic carbocycles. The van der Waals surface area contributed by atoms with Crippen molar-refractivity contribution in [3.8, 4) is 0 Å². The van der Waals surface area contributed by atoms with Crippen molar-refractivity contribution >= 4 is 23.7 Å². The largest absolute Gasteiger partial charge is 0.478 e. The number of ether oxygens (including phenoxy) is 1. The Morgan fingerprint density at radius 2 is 2.05 bits per heavy atom. The van der Waals surface area contributed by atoms with E-state index in [4.69, 9.17) is 9.84 Å². The highest BCUT2D eigenvalue weighted by Crippen LogP contribution is 2.14. The van der Waals surface area contributed by atoms with Crippen molar-refractivity contribution in [2.24, 2.45) is 0 Å². The second kappa shape index (κ2) is 4.80. The minimum atomic E-state index is -1.12. The molecule has 106 valence electrons. The lowest BCUT2D eigenvalue weighted by Gasteiger charge is -2.19. The van der Waals surface area contributed by atoms with Crippen LogP contribution in [0.2, 0.25) is 0 Å². The number of fused-ring (bicyclic) bond motifs is 1. The summed E-state index contributed by atoms with van der Waals surface area (Å²) in [7, 11) is 0. The van der Waals surface area contributed by atoms with Crippen LogP contribution in [0, 0.1) is 0 Å². The van der Waals surface area contributed by atoms with Gasteiger partial charge in [-0.2, -0.15) is 0 Å². The molecule has 2 heterocycles. The second-order valence-corrected chi connectivity index (χ2v) is 5.07. The fourth-order valence-electron chi connectivity index (χ4n) is 1.56. The van der Waals surface area contributed by atoms with Gasteiger partial charge in [-0.25, -0.2) is 9.59 Å². The number of aromatic carboxylic acids is 1. The Morgan fingerprint density at radius 3 is 2.65 bits per heavy atom. The van der Waals surface area contributed by atoms with Crippen LogP contribution in [0.1, 0.15) is 31.1 Å². The number of hydrogen-bond donors (Lipinski definition) is 2. The zero-order chi connectivity index (χ0) is 14.9. The van der Waals surface area contributed by atoms with E-state index in [0.29, 0.717) is 0 Å². The van der Waals surface area contributed by atoms with E-state index in [9.17, 15) is 9.59 Å². The van der Waals surface area contributed by atoms with Gasteiger partial charge in [0, 0.05) is 6.20 Å². The lowest BCUT2D eigenvalue weighted by molar-refractivity contribution is 0.0633. The predicted octanol–water partition coefficient (Wildman–Crippen LogP) is 1.77. The highest BCUT2D eigenvalue weighted by atomic mass is 16.6. The number of pyridine rings is 1. The van der Waals surface area contributed by atoms with Gasteiger partial charge >= 0.3 is 12.1 Å². The van der Waals surface area contributed by atoms with Gasteiger partial charge in [0.1, 0.15) is 11.2 Å². The number of rotatable bonds is 2. The molecular formula is C12H14N4O4. The summed E-state index contributed by atoms with van der Waals surface area (Å²) in [6.45, 7) is 5.20. The van der Waals surface area contributed by atoms with Gasteiger partial charge < -0.3 is 9.84 Å². The van der Waals surface area contributed by atoms with Crippen LogP contribution in [-0.2, 0) is 4.74 Å². The molecule has 2 aromatic heterocycles. The van der Waals surface area contributed by atoms with Gasteiger partial charge in [0.05, 0.1) is 0 Å². The number of amides is 1. The summed E-state index contributed by atoms with van der Waals surface area (Å²) in [6, 6.07) is 2.93. The second-order valence-electron chi connectivity index (χ2n) is 5.07. The van der Waals surface area contributed by atoms with E-state index in [2.05, 4.69) is 15.5 Å². The van der Waals surface area contributed by atoms with E-state index in [-0.39, 0.29) is 17.2 Å². The van der Waals surface area contributed by atoms with Crippen LogP contribution in [-0.4, -0.2) is 37.4 Å². The first-order valence-corrected chi connectivity index (χ1v) is 5.85. The summed E-state index contributed by atoms with van der Waals surface area (Å²) >= 11 is 0. The monoisotopic (exact) mass is 278 g/mol. The first-order valence-electron chi connectivity index (χ1n) is 5.85. The van der Waals surface area contributed by atoms with Gasteiger partial charge in [0.2, 0.25) is 5.95 Å². The number of anilines is 1. The summed E-state index contributed by atoms with van der Waals surface area (Å²) in [5, 5.41) is 19.0. The van der Waals surface area contributed by atoms with Gasteiger partial charge in [0.15, 0.2) is 5.65 Å². The average Bonchev–Trinajstić information content (AvgIpc) is 2.69. The molecule has 8 heteroatoms. The molecule has 0 radical (unpaired) electrons. The number of nitrogens with one attached hydrogen (secondary N) is 1. The molecule has 0 aliphatic carbocycles. The van der Waals surface area contributed by atoms with Crippen molar-refractivity contribution < 1.29 is 19.4 Å². The fourth-order valence-corrected chi connectivity index (χ4v) is 1.56. The molecule has 20 heavy (non-hydrogen) atoms. The molecule has 0 unspecified atom stereocenters. The van der Waals surface area contributed by atoms with Crippen molar-refractivity contribution in [1.82, 2.24) is 14.6 Å². The van der Waals surface area contributed by atoms with Crippen molar-refractivity contribution in [3.63, 3.8) is 0 Å². The topological polar surface area (TPSA) is 106 Å². The minimum absolute atomic E-state index is 0.00256. The van der Waals surface area contributed by atoms with Crippen LogP contribution in [0.25, 0.3) is 5.65 Å². The molecule has 0 atom stereocenters. The Labute approximate surface area is 114 Å². The number of carbonyl (C=O) groups is 2. The molecule has 0 aliphatic rings. The highest BCUT2D eigenvalue weighted by Gasteiger charge is 2.19. The number of carboxylic acids is 1. The number of hydrogen-bond acceptors (Lipinski definition) is 5. The van der Waals surface area contributed by atoms with Gasteiger partial charge in [0.25, 0.3) is 0 Å². The molecular weight excluding hydrogens is 264 g/mol. The van der Waals surface area contributed by atoms with Gasteiger partial charge in [-0.15, -0.1) is 10.2 Å². The summed E-state index contributed by atoms with van der Waals surface area (Å²) < 4.78 is 6.46. The van der Waals surface area contributed by atoms with Gasteiger partial charge in [-0.05, 0) is 32.9 Å². The lowest BCUT2D eigenvalue weighted by Crippen LogP contribution is -2.27. The van der Waals surface area contributed by atoms with Crippen LogP contribution >= 0.6 is 0 Å². The lowest BCUT2D eigenvalue weighted by atomic mass is 10.2. The number of carboxylic acid groups (broad SMARTS) is 1. The van der Waals surface area contributed by atoms with Crippen molar-refractivity contribution in [3.05, 3.63) is 23.9 Å². The van der Waals surface area contributed by atoms with Crippen LogP contribution in [0.5, 0.6) is 0 Å². The molecule has 0 fully saturated rings. The Kier molecular flexibility index (Phi) is 3.31. The maximum absolute atomic E-state index is 11.7. The van der Waals surface area contributed by atoms with E-state index < -0.39 is 17.7 Å². The molecule has 2 N–H and O–H groups in total. The SMILES string of the molecule is CC(C)(C)OC(=O)Nc1nnc2c(C(=O)O)cccn12. The molecule has 1 amide bonds. The van der Waals surface area contributed by atoms with Crippen molar-refractivity contribution in [2.75, 3.05) is 5.32 Å². The minimum Gasteiger partial charge on any atom is -0.478 e. The average molecular weight is 278 g/mol. The summed E-state index contributed by atoms with van der Waals surface area (Å²) in [4.78, 5) is 22.7. The molecule has 0 saturated carbocycles. The van der Waals surface area contributed by atoms with Crippen molar-refractivity contribution in [1.29, 1.82) is 0 Å². The standard InChI is InChI=1S/C12H14N4O4/c1-12(2,3)20-11(19)13-10-15-14-8-7(9(17)18)5-4-6-16(8)10/h4-6H,1-3H3,(H,17,18)(H,13,15,19). The van der Waals surface area contributed by atoms with Crippen LogP contribution < -0.4 is 5.32 Å². The molecule has 0 aliphatic heterocycles. The summed E-state index contributed by atoms with van der Waals surface area (Å²) in [6.07, 6.45) is 0.863. The van der Waals surface area contributed by atoms with E-state index >= 15 is 0 Å². The quantitative estimate of drug-likeness (QED) is 0.867. The highest BCUT2D eigenvalue weighted by molar-refractivity contribution is 5.94. The third-order valence-corrected chi connectivity index (χ3v) is 2.28. The van der Waals surface area contributed by atoms with Gasteiger partial charge in [-0.3, -0.25) is 9.72 Å². The fraction of sp³-hybridized carbons (Fsp3) is 0.333. The first kappa shape index (κ1) is 13.8. The summed E-state index contributed by atoms with van der Waals surface area (Å²) in [5.74, 6) is -1.02. The van der Waals surface area contributed by atoms with E-state index in [1.807, 2.05) is 0 Å². The Balaban J connectivity index is 2.31. The van der Waals surface area contributed by atoms with Crippen LogP contribution in [0.15, 0.2) is 18.3 Å². The number of aromatic nitrogens is 3. The zero-order valence-electron chi connectivity index (χ0n) is 11.2. The Bertz CT molecular complexity index is 672. The zero-order valence-corrected chi connectivity index (χ0v) is 11.2. The molecule has 2 rings (SSSR count). The molecule has 0 saturated heterocycles. The smallest absolute Gasteiger partial charge is 0.414 e. The Morgan fingerprint density at radius 1 is 1.35 bits per heavy atom. The number of nitrogens with zero attached hydrogens (tertiary/aromatic N) is 3. The summed E-state index contributed by atoms with van der Waals surface area (Å²) in [5.41, 5.74) is -0.500. The number of carbonyl (C=O) groups excluding carboxylic acids is 1. The van der Waals surface area contributed by atoms with Crippen molar-refractivity contribution in [2.45, 2.75) is 26.4 Å². The molecule has 2 aromatic rings. The van der Waals surface area contributed by atoms with E-state index in [1.165, 1.54) is 16.5 Å². The predicted molar refractivity (Wildman–Crippen MR) is 69.8 cm³/mol. The van der Waals surface area contributed by atoms with Crippen LogP contribution in [0.3, 0.4) is 0 Å². The van der Waals surface area contributed by atoms with Crippen LogP contribution in [0.4, 0.5) is 10.7 Å². The van der Waals surface area contributed by atoms with E-state index in [1.54, 1.807) is 27.0 Å². The Hall–Kier alpha value is -2.64. The third-order valence-electron chi connectivity index (χ3n) is 2.28. The molecule has 8 nitrogen and oxygen atoms in total.